The molecular weight excluding hydrogens is 250 g/mol. The summed E-state index contributed by atoms with van der Waals surface area (Å²) in [7, 11) is -1.68. The molecule has 1 aromatic heterocycles. The van der Waals surface area contributed by atoms with Gasteiger partial charge in [-0.05, 0) is 5.92 Å². The van der Waals surface area contributed by atoms with Gasteiger partial charge in [0, 0.05) is 31.2 Å². The SMILES string of the molecule is CC(CCl)CS(=O)(=O)N(C)Cc1cn[nH]c1. The van der Waals surface area contributed by atoms with E-state index in [0.717, 1.165) is 5.56 Å². The normalized spacial score (nSPS) is 14.2. The van der Waals surface area contributed by atoms with E-state index < -0.39 is 10.0 Å². The van der Waals surface area contributed by atoms with Gasteiger partial charge in [-0.2, -0.15) is 5.10 Å². The lowest BCUT2D eigenvalue weighted by Crippen LogP contribution is -2.31. The Morgan fingerprint density at radius 1 is 1.62 bits per heavy atom. The zero-order chi connectivity index (χ0) is 12.2. The Balaban J connectivity index is 2.62. The third kappa shape index (κ3) is 3.77. The zero-order valence-corrected chi connectivity index (χ0v) is 10.9. The topological polar surface area (TPSA) is 66.1 Å². The summed E-state index contributed by atoms with van der Waals surface area (Å²) in [6, 6.07) is 0. The second-order valence-corrected chi connectivity index (χ2v) is 6.33. The molecule has 0 aliphatic carbocycles. The van der Waals surface area contributed by atoms with Crippen molar-refractivity contribution in [2.45, 2.75) is 13.5 Å². The average Bonchev–Trinajstić information content (AvgIpc) is 2.69. The van der Waals surface area contributed by atoms with E-state index in [2.05, 4.69) is 10.2 Å². The fourth-order valence-corrected chi connectivity index (χ4v) is 2.93. The lowest BCUT2D eigenvalue weighted by atomic mass is 10.3. The maximum absolute atomic E-state index is 11.9. The fourth-order valence-electron chi connectivity index (χ4n) is 1.25. The number of aromatic nitrogens is 2. The minimum Gasteiger partial charge on any atom is -0.285 e. The Labute approximate surface area is 101 Å². The van der Waals surface area contributed by atoms with Crippen LogP contribution in [0.1, 0.15) is 12.5 Å². The van der Waals surface area contributed by atoms with Gasteiger partial charge in [0.2, 0.25) is 10.0 Å². The predicted molar refractivity (Wildman–Crippen MR) is 63.7 cm³/mol. The van der Waals surface area contributed by atoms with Gasteiger partial charge >= 0.3 is 0 Å². The van der Waals surface area contributed by atoms with Crippen LogP contribution in [0, 0.1) is 5.92 Å². The summed E-state index contributed by atoms with van der Waals surface area (Å²) in [4.78, 5) is 0. The van der Waals surface area contributed by atoms with E-state index in [1.807, 2.05) is 6.92 Å². The van der Waals surface area contributed by atoms with Gasteiger partial charge < -0.3 is 0 Å². The Hall–Kier alpha value is -0.590. The van der Waals surface area contributed by atoms with Crippen molar-refractivity contribution in [1.82, 2.24) is 14.5 Å². The number of halogens is 1. The maximum Gasteiger partial charge on any atom is 0.214 e. The molecule has 16 heavy (non-hydrogen) atoms. The largest absolute Gasteiger partial charge is 0.285 e. The monoisotopic (exact) mass is 265 g/mol. The van der Waals surface area contributed by atoms with Crippen LogP contribution in [-0.2, 0) is 16.6 Å². The molecule has 0 fully saturated rings. The molecular formula is C9H16ClN3O2S. The number of aromatic amines is 1. The molecule has 0 bridgehead atoms. The second kappa shape index (κ2) is 5.65. The molecule has 0 saturated heterocycles. The number of hydrogen-bond donors (Lipinski definition) is 1. The number of nitrogens with one attached hydrogen (secondary N) is 1. The smallest absolute Gasteiger partial charge is 0.214 e. The van der Waals surface area contributed by atoms with Crippen molar-refractivity contribution in [3.05, 3.63) is 18.0 Å². The summed E-state index contributed by atoms with van der Waals surface area (Å²) >= 11 is 5.61. The van der Waals surface area contributed by atoms with Crippen molar-refractivity contribution >= 4 is 21.6 Å². The Kier molecular flexibility index (Phi) is 4.76. The summed E-state index contributed by atoms with van der Waals surface area (Å²) in [6.07, 6.45) is 3.29. The molecule has 5 nitrogen and oxygen atoms in total. The molecule has 92 valence electrons. The number of rotatable bonds is 6. The number of sulfonamides is 1. The van der Waals surface area contributed by atoms with Crippen LogP contribution < -0.4 is 0 Å². The van der Waals surface area contributed by atoms with Gasteiger partial charge in [0.05, 0.1) is 11.9 Å². The first-order chi connectivity index (χ1) is 7.45. The first-order valence-electron chi connectivity index (χ1n) is 4.93. The van der Waals surface area contributed by atoms with E-state index in [-0.39, 0.29) is 11.7 Å². The quantitative estimate of drug-likeness (QED) is 0.782. The van der Waals surface area contributed by atoms with E-state index in [1.165, 1.54) is 4.31 Å². The van der Waals surface area contributed by atoms with Crippen molar-refractivity contribution in [2.75, 3.05) is 18.7 Å². The van der Waals surface area contributed by atoms with Gasteiger partial charge in [-0.1, -0.05) is 6.92 Å². The first kappa shape index (κ1) is 13.5. The summed E-state index contributed by atoms with van der Waals surface area (Å²) < 4.78 is 25.0. The standard InChI is InChI=1S/C9H16ClN3O2S/c1-8(3-10)7-16(14,15)13(2)6-9-4-11-12-5-9/h4-5,8H,3,6-7H2,1-2H3,(H,11,12). The van der Waals surface area contributed by atoms with Crippen LogP contribution in [0.4, 0.5) is 0 Å². The van der Waals surface area contributed by atoms with Crippen LogP contribution in [0.15, 0.2) is 12.4 Å². The molecule has 0 radical (unpaired) electrons. The minimum absolute atomic E-state index is 0.0431. The van der Waals surface area contributed by atoms with E-state index in [1.54, 1.807) is 19.4 Å². The van der Waals surface area contributed by atoms with Crippen LogP contribution in [0.3, 0.4) is 0 Å². The number of hydrogen-bond acceptors (Lipinski definition) is 3. The molecule has 1 aromatic rings. The van der Waals surface area contributed by atoms with Gasteiger partial charge in [-0.25, -0.2) is 12.7 Å². The van der Waals surface area contributed by atoms with Crippen molar-refractivity contribution in [3.8, 4) is 0 Å². The van der Waals surface area contributed by atoms with Crippen LogP contribution >= 0.6 is 11.6 Å². The highest BCUT2D eigenvalue weighted by Crippen LogP contribution is 2.10. The van der Waals surface area contributed by atoms with Crippen LogP contribution in [-0.4, -0.2) is 41.6 Å². The van der Waals surface area contributed by atoms with Gasteiger partial charge in [0.1, 0.15) is 0 Å². The Bertz CT molecular complexity index is 404. The van der Waals surface area contributed by atoms with Gasteiger partial charge in [0.25, 0.3) is 0 Å². The van der Waals surface area contributed by atoms with E-state index >= 15 is 0 Å². The highest BCUT2D eigenvalue weighted by Gasteiger charge is 2.21. The molecule has 0 aliphatic heterocycles. The molecule has 0 aromatic carbocycles. The lowest BCUT2D eigenvalue weighted by molar-refractivity contribution is 0.460. The van der Waals surface area contributed by atoms with E-state index in [0.29, 0.717) is 12.4 Å². The highest BCUT2D eigenvalue weighted by atomic mass is 35.5. The third-order valence-corrected chi connectivity index (χ3v) is 4.79. The summed E-state index contributed by atoms with van der Waals surface area (Å²) in [5.74, 6) is 0.377. The number of alkyl halides is 1. The minimum atomic E-state index is -3.24. The Morgan fingerprint density at radius 3 is 2.81 bits per heavy atom. The predicted octanol–water partition coefficient (Wildman–Crippen LogP) is 1.05. The van der Waals surface area contributed by atoms with Crippen molar-refractivity contribution in [1.29, 1.82) is 0 Å². The van der Waals surface area contributed by atoms with Crippen molar-refractivity contribution in [2.24, 2.45) is 5.92 Å². The molecule has 1 N–H and O–H groups in total. The first-order valence-corrected chi connectivity index (χ1v) is 7.07. The van der Waals surface area contributed by atoms with Crippen molar-refractivity contribution < 1.29 is 8.42 Å². The summed E-state index contributed by atoms with van der Waals surface area (Å²) in [6.45, 7) is 2.14. The number of H-pyrrole nitrogens is 1. The highest BCUT2D eigenvalue weighted by molar-refractivity contribution is 7.89. The molecule has 1 rings (SSSR count). The number of nitrogens with zero attached hydrogens (tertiary/aromatic N) is 2. The van der Waals surface area contributed by atoms with Gasteiger partial charge in [-0.3, -0.25) is 5.10 Å². The molecule has 0 saturated carbocycles. The molecule has 1 unspecified atom stereocenters. The Morgan fingerprint density at radius 2 is 2.31 bits per heavy atom. The maximum atomic E-state index is 11.9. The van der Waals surface area contributed by atoms with Gasteiger partial charge in [0.15, 0.2) is 0 Å². The van der Waals surface area contributed by atoms with Crippen LogP contribution in [0.25, 0.3) is 0 Å². The van der Waals surface area contributed by atoms with Crippen LogP contribution in [0.5, 0.6) is 0 Å². The third-order valence-electron chi connectivity index (χ3n) is 2.19. The summed E-state index contributed by atoms with van der Waals surface area (Å²) in [5, 5.41) is 6.41. The lowest BCUT2D eigenvalue weighted by Gasteiger charge is -2.18. The fraction of sp³-hybridized carbons (Fsp3) is 0.667. The molecule has 0 amide bonds. The van der Waals surface area contributed by atoms with Crippen LogP contribution in [0.2, 0.25) is 0 Å². The van der Waals surface area contributed by atoms with E-state index in [9.17, 15) is 8.42 Å². The van der Waals surface area contributed by atoms with Gasteiger partial charge in [-0.15, -0.1) is 11.6 Å². The van der Waals surface area contributed by atoms with Crippen molar-refractivity contribution in [3.63, 3.8) is 0 Å². The summed E-state index contributed by atoms with van der Waals surface area (Å²) in [5.41, 5.74) is 0.838. The second-order valence-electron chi connectivity index (χ2n) is 3.90. The molecule has 0 aliphatic rings. The molecule has 7 heteroatoms. The zero-order valence-electron chi connectivity index (χ0n) is 9.35. The molecule has 0 spiro atoms. The molecule has 1 heterocycles. The average molecular weight is 266 g/mol. The molecule has 1 atom stereocenters. The van der Waals surface area contributed by atoms with E-state index in [4.69, 9.17) is 11.6 Å².